The van der Waals surface area contributed by atoms with E-state index in [-0.39, 0.29) is 11.8 Å². The Bertz CT molecular complexity index is 537. The fourth-order valence-electron chi connectivity index (χ4n) is 3.26. The molecule has 1 heterocycles. The zero-order valence-electron chi connectivity index (χ0n) is 13.3. The van der Waals surface area contributed by atoms with E-state index >= 15 is 0 Å². The van der Waals surface area contributed by atoms with Crippen LogP contribution in [-0.2, 0) is 6.18 Å². The highest BCUT2D eigenvalue weighted by molar-refractivity contribution is 5.37. The number of hydrogen-bond acceptors (Lipinski definition) is 3. The number of methoxy groups -OCH3 is 1. The summed E-state index contributed by atoms with van der Waals surface area (Å²) < 4.78 is 44.7. The van der Waals surface area contributed by atoms with Crippen LogP contribution < -0.4 is 10.1 Å². The largest absolute Gasteiger partial charge is 0.497 e. The van der Waals surface area contributed by atoms with Crippen LogP contribution in [0.4, 0.5) is 13.2 Å². The van der Waals surface area contributed by atoms with Crippen molar-refractivity contribution in [1.82, 2.24) is 10.2 Å². The number of alkyl halides is 3. The van der Waals surface area contributed by atoms with Gasteiger partial charge >= 0.3 is 6.18 Å². The van der Waals surface area contributed by atoms with Gasteiger partial charge in [-0.1, -0.05) is 12.8 Å². The second-order valence-electron chi connectivity index (χ2n) is 6.47. The number of piperazine rings is 1. The first-order chi connectivity index (χ1) is 11.0. The fraction of sp³-hybridized carbons (Fsp3) is 0.647. The Morgan fingerprint density at radius 3 is 2.48 bits per heavy atom. The van der Waals surface area contributed by atoms with Gasteiger partial charge in [-0.2, -0.15) is 13.2 Å². The Hall–Kier alpha value is -1.27. The number of hydrogen-bond donors (Lipinski definition) is 1. The molecule has 0 spiro atoms. The molecule has 1 aromatic carbocycles. The van der Waals surface area contributed by atoms with Gasteiger partial charge in [-0.25, -0.2) is 0 Å². The van der Waals surface area contributed by atoms with Crippen LogP contribution in [0, 0.1) is 5.92 Å². The van der Waals surface area contributed by atoms with E-state index in [1.165, 1.54) is 26.0 Å². The summed E-state index contributed by atoms with van der Waals surface area (Å²) in [7, 11) is 1.42. The summed E-state index contributed by atoms with van der Waals surface area (Å²) in [5, 5.41) is 3.30. The predicted molar refractivity (Wildman–Crippen MR) is 82.5 cm³/mol. The topological polar surface area (TPSA) is 24.5 Å². The van der Waals surface area contributed by atoms with Crippen molar-refractivity contribution in [2.45, 2.75) is 31.5 Å². The van der Waals surface area contributed by atoms with Crippen molar-refractivity contribution in [2.75, 3.05) is 33.3 Å². The van der Waals surface area contributed by atoms with Crippen LogP contribution in [0.25, 0.3) is 0 Å². The van der Waals surface area contributed by atoms with Crippen molar-refractivity contribution in [1.29, 1.82) is 0 Å². The van der Waals surface area contributed by atoms with Crippen LogP contribution in [0.5, 0.6) is 5.75 Å². The van der Waals surface area contributed by atoms with Crippen molar-refractivity contribution in [3.63, 3.8) is 0 Å². The lowest BCUT2D eigenvalue weighted by Gasteiger charge is -2.35. The minimum Gasteiger partial charge on any atom is -0.497 e. The number of nitrogens with zero attached hydrogens (tertiary/aromatic N) is 1. The third-order valence-electron chi connectivity index (χ3n) is 4.72. The van der Waals surface area contributed by atoms with Gasteiger partial charge in [-0.15, -0.1) is 0 Å². The van der Waals surface area contributed by atoms with Crippen LogP contribution in [0.3, 0.4) is 0 Å². The van der Waals surface area contributed by atoms with E-state index in [0.29, 0.717) is 5.92 Å². The molecule has 6 heteroatoms. The molecule has 128 valence electrons. The summed E-state index contributed by atoms with van der Waals surface area (Å²) in [5.41, 5.74) is 0.105. The molecule has 23 heavy (non-hydrogen) atoms. The molecule has 0 unspecified atom stereocenters. The molecule has 1 aromatic rings. The van der Waals surface area contributed by atoms with Crippen LogP contribution in [-0.4, -0.2) is 38.2 Å². The van der Waals surface area contributed by atoms with Gasteiger partial charge in [-0.05, 0) is 36.1 Å². The summed E-state index contributed by atoms with van der Waals surface area (Å²) in [6.07, 6.45) is -1.03. The first-order valence-corrected chi connectivity index (χ1v) is 8.18. The zero-order valence-corrected chi connectivity index (χ0v) is 13.3. The molecule has 1 N–H and O–H groups in total. The number of nitrogens with one attached hydrogen (secondary N) is 1. The van der Waals surface area contributed by atoms with Crippen molar-refractivity contribution in [2.24, 2.45) is 5.92 Å². The first kappa shape index (κ1) is 16.6. The molecule has 3 nitrogen and oxygen atoms in total. The SMILES string of the molecule is COc1cc([C@H](CC2CC2)N2CCNCC2)cc(C(F)(F)F)c1. The monoisotopic (exact) mass is 328 g/mol. The summed E-state index contributed by atoms with van der Waals surface area (Å²) in [5.74, 6) is 0.932. The average Bonchev–Trinajstić information content (AvgIpc) is 3.36. The molecular weight excluding hydrogens is 305 g/mol. The molecule has 3 rings (SSSR count). The standard InChI is InChI=1S/C17H23F3N2O/c1-23-15-10-13(9-14(11-15)17(18,19)20)16(8-12-2-3-12)22-6-4-21-5-7-22/h9-12,16,21H,2-8H2,1H3/t16-/m0/s1. The minimum atomic E-state index is -4.35. The summed E-state index contributed by atoms with van der Waals surface area (Å²) >= 11 is 0. The highest BCUT2D eigenvalue weighted by atomic mass is 19.4. The average molecular weight is 328 g/mol. The Morgan fingerprint density at radius 1 is 1.22 bits per heavy atom. The second-order valence-corrected chi connectivity index (χ2v) is 6.47. The molecule has 0 radical (unpaired) electrons. The van der Waals surface area contributed by atoms with E-state index in [2.05, 4.69) is 10.2 Å². The maximum Gasteiger partial charge on any atom is 0.416 e. The van der Waals surface area contributed by atoms with Crippen LogP contribution >= 0.6 is 0 Å². The van der Waals surface area contributed by atoms with Crippen molar-refractivity contribution in [3.05, 3.63) is 29.3 Å². The van der Waals surface area contributed by atoms with Crippen LogP contribution in [0.2, 0.25) is 0 Å². The molecular formula is C17H23F3N2O. The lowest BCUT2D eigenvalue weighted by atomic mass is 9.96. The van der Waals surface area contributed by atoms with E-state index < -0.39 is 11.7 Å². The van der Waals surface area contributed by atoms with Gasteiger partial charge in [0.15, 0.2) is 0 Å². The van der Waals surface area contributed by atoms with E-state index in [9.17, 15) is 13.2 Å². The summed E-state index contributed by atoms with van der Waals surface area (Å²) in [4.78, 5) is 2.31. The zero-order chi connectivity index (χ0) is 16.4. The maximum atomic E-state index is 13.2. The maximum absolute atomic E-state index is 13.2. The summed E-state index contributed by atoms with van der Waals surface area (Å²) in [6, 6.07) is 4.19. The van der Waals surface area contributed by atoms with Gasteiger partial charge in [0.2, 0.25) is 0 Å². The van der Waals surface area contributed by atoms with Crippen LogP contribution in [0.15, 0.2) is 18.2 Å². The van der Waals surface area contributed by atoms with Crippen molar-refractivity contribution >= 4 is 0 Å². The Morgan fingerprint density at radius 2 is 1.91 bits per heavy atom. The Kier molecular flexibility index (Phi) is 4.82. The van der Waals surface area contributed by atoms with Gasteiger partial charge < -0.3 is 10.1 Å². The van der Waals surface area contributed by atoms with Gasteiger partial charge in [-0.3, -0.25) is 4.90 Å². The highest BCUT2D eigenvalue weighted by Gasteiger charge is 2.35. The number of halogens is 3. The molecule has 0 aromatic heterocycles. The van der Waals surface area contributed by atoms with Crippen molar-refractivity contribution < 1.29 is 17.9 Å². The molecule has 1 saturated carbocycles. The normalized spacial score (nSPS) is 21.2. The quantitative estimate of drug-likeness (QED) is 0.896. The Balaban J connectivity index is 1.93. The Labute approximate surface area is 134 Å². The smallest absolute Gasteiger partial charge is 0.416 e. The molecule has 1 atom stereocenters. The minimum absolute atomic E-state index is 0.0424. The predicted octanol–water partition coefficient (Wildman–Crippen LogP) is 3.46. The van der Waals surface area contributed by atoms with Gasteiger partial charge in [0.25, 0.3) is 0 Å². The van der Waals surface area contributed by atoms with Gasteiger partial charge in [0.05, 0.1) is 12.7 Å². The molecule has 2 aliphatic rings. The van der Waals surface area contributed by atoms with E-state index in [1.807, 2.05) is 0 Å². The van der Waals surface area contributed by atoms with E-state index in [0.717, 1.165) is 44.2 Å². The van der Waals surface area contributed by atoms with Gasteiger partial charge in [0, 0.05) is 32.2 Å². The van der Waals surface area contributed by atoms with E-state index in [4.69, 9.17) is 4.74 Å². The molecule has 0 amide bonds. The molecule has 0 bridgehead atoms. The fourth-order valence-corrected chi connectivity index (χ4v) is 3.26. The lowest BCUT2D eigenvalue weighted by molar-refractivity contribution is -0.137. The molecule has 1 aliphatic heterocycles. The van der Waals surface area contributed by atoms with Crippen molar-refractivity contribution in [3.8, 4) is 5.75 Å². The molecule has 1 aliphatic carbocycles. The van der Waals surface area contributed by atoms with Gasteiger partial charge in [0.1, 0.15) is 5.75 Å². The number of rotatable bonds is 5. The third-order valence-corrected chi connectivity index (χ3v) is 4.72. The lowest BCUT2D eigenvalue weighted by Crippen LogP contribution is -2.45. The number of benzene rings is 1. The second kappa shape index (κ2) is 6.69. The van der Waals surface area contributed by atoms with Crippen LogP contribution in [0.1, 0.15) is 36.4 Å². The molecule has 1 saturated heterocycles. The first-order valence-electron chi connectivity index (χ1n) is 8.18. The number of ether oxygens (including phenoxy) is 1. The summed E-state index contributed by atoms with van der Waals surface area (Å²) in [6.45, 7) is 3.51. The third kappa shape index (κ3) is 4.18. The highest BCUT2D eigenvalue weighted by Crippen LogP contribution is 2.42. The molecule has 2 fully saturated rings. The van der Waals surface area contributed by atoms with E-state index in [1.54, 1.807) is 6.07 Å².